The highest BCUT2D eigenvalue weighted by Gasteiger charge is 2.18. The molecule has 7 nitrogen and oxygen atoms in total. The third kappa shape index (κ3) is 7.71. The minimum atomic E-state index is -3.71. The summed E-state index contributed by atoms with van der Waals surface area (Å²) in [5.41, 5.74) is 1.99. The molecule has 1 heterocycles. The second kappa shape index (κ2) is 10.2. The lowest BCUT2D eigenvalue weighted by Crippen LogP contribution is -2.32. The van der Waals surface area contributed by atoms with E-state index in [0.717, 1.165) is 17.4 Å². The minimum Gasteiger partial charge on any atom is -0.352 e. The maximum Gasteiger partial charge on any atom is 0.284 e. The van der Waals surface area contributed by atoms with Crippen LogP contribution in [0.4, 0.5) is 0 Å². The van der Waals surface area contributed by atoms with Gasteiger partial charge in [-0.2, -0.15) is 0 Å². The maximum atomic E-state index is 12.3. The molecule has 0 saturated heterocycles. The Morgan fingerprint density at radius 2 is 1.72 bits per heavy atom. The first-order chi connectivity index (χ1) is 13.7. The summed E-state index contributed by atoms with van der Waals surface area (Å²) in [5, 5.41) is 0. The smallest absolute Gasteiger partial charge is 0.284 e. The molecule has 0 radical (unpaired) electrons. The van der Waals surface area contributed by atoms with Crippen LogP contribution in [0.1, 0.15) is 25.0 Å². The number of allylic oxidation sites excluding steroid dienone is 1. The van der Waals surface area contributed by atoms with Crippen molar-refractivity contribution in [3.8, 4) is 0 Å². The Labute approximate surface area is 177 Å². The number of carbonyl (C=O) groups excluding carboxylic acids is 1. The standard InChI is InChI=1S/C20H24N4O3S2/c1-15(28)19(20(25)23-29(3,26)27)22-16(2)24(13-17-8-5-4-6-9-17)14-18-10-7-11-21-12-18/h4-12,28H,13-14H2,1-3H3,(H,23,25)/b19-15-,22-16+. The zero-order chi connectivity index (χ0) is 21.4. The normalized spacial score (nSPS) is 12.9. The molecular formula is C20H24N4O3S2. The van der Waals surface area contributed by atoms with E-state index in [2.05, 4.69) is 22.6 Å². The van der Waals surface area contributed by atoms with Crippen molar-refractivity contribution in [3.63, 3.8) is 0 Å². The number of rotatable bonds is 7. The Hall–Kier alpha value is -2.65. The van der Waals surface area contributed by atoms with E-state index in [0.29, 0.717) is 23.8 Å². The van der Waals surface area contributed by atoms with Gasteiger partial charge < -0.3 is 4.90 Å². The second-order valence-electron chi connectivity index (χ2n) is 6.50. The highest BCUT2D eigenvalue weighted by atomic mass is 32.2. The van der Waals surface area contributed by atoms with Crippen LogP contribution in [0, 0.1) is 0 Å². The number of benzene rings is 1. The SMILES string of the molecule is C/C(S)=C(/N=C(\C)N(Cc1ccccc1)Cc1cccnc1)C(=O)NS(C)(=O)=O. The van der Waals surface area contributed by atoms with Gasteiger partial charge >= 0.3 is 0 Å². The second-order valence-corrected chi connectivity index (χ2v) is 8.92. The van der Waals surface area contributed by atoms with Crippen LogP contribution >= 0.6 is 12.6 Å². The summed E-state index contributed by atoms with van der Waals surface area (Å²) in [5.74, 6) is -0.273. The van der Waals surface area contributed by atoms with E-state index in [9.17, 15) is 13.2 Å². The number of nitrogens with one attached hydrogen (secondary N) is 1. The first kappa shape index (κ1) is 22.6. The van der Waals surface area contributed by atoms with E-state index in [1.54, 1.807) is 26.2 Å². The van der Waals surface area contributed by atoms with Gasteiger partial charge in [0.05, 0.1) is 6.26 Å². The number of carbonyl (C=O) groups is 1. The van der Waals surface area contributed by atoms with Gasteiger partial charge in [0, 0.05) is 30.4 Å². The Morgan fingerprint density at radius 1 is 1.10 bits per heavy atom. The highest BCUT2D eigenvalue weighted by Crippen LogP contribution is 2.15. The summed E-state index contributed by atoms with van der Waals surface area (Å²) in [7, 11) is -3.71. The van der Waals surface area contributed by atoms with Crippen LogP contribution in [0.5, 0.6) is 0 Å². The molecule has 0 saturated carbocycles. The molecule has 1 N–H and O–H groups in total. The molecule has 1 aromatic carbocycles. The van der Waals surface area contributed by atoms with Gasteiger partial charge in [0.1, 0.15) is 11.5 Å². The van der Waals surface area contributed by atoms with Crippen LogP contribution < -0.4 is 4.72 Å². The van der Waals surface area contributed by atoms with E-state index < -0.39 is 15.9 Å². The van der Waals surface area contributed by atoms with Gasteiger partial charge in [-0.3, -0.25) is 9.78 Å². The largest absolute Gasteiger partial charge is 0.352 e. The van der Waals surface area contributed by atoms with Crippen molar-refractivity contribution in [1.29, 1.82) is 0 Å². The quantitative estimate of drug-likeness (QED) is 0.304. The van der Waals surface area contributed by atoms with Crippen LogP contribution in [-0.4, -0.2) is 36.3 Å². The third-order valence-corrected chi connectivity index (χ3v) is 4.65. The molecule has 2 aromatic rings. The fraction of sp³-hybridized carbons (Fsp3) is 0.250. The molecule has 1 aromatic heterocycles. The average Bonchev–Trinajstić information content (AvgIpc) is 2.65. The summed E-state index contributed by atoms with van der Waals surface area (Å²) >= 11 is 4.21. The number of amidine groups is 1. The molecule has 0 atom stereocenters. The predicted molar refractivity (Wildman–Crippen MR) is 118 cm³/mol. The third-order valence-electron chi connectivity index (χ3n) is 3.88. The van der Waals surface area contributed by atoms with Crippen LogP contribution in [0.2, 0.25) is 0 Å². The average molecular weight is 433 g/mol. The van der Waals surface area contributed by atoms with Crippen molar-refractivity contribution in [2.45, 2.75) is 26.9 Å². The molecule has 0 aliphatic rings. The number of aromatic nitrogens is 1. The number of hydrogen-bond acceptors (Lipinski definition) is 6. The van der Waals surface area contributed by atoms with Crippen molar-refractivity contribution in [2.75, 3.05) is 6.26 Å². The van der Waals surface area contributed by atoms with Crippen molar-refractivity contribution >= 4 is 34.4 Å². The Morgan fingerprint density at radius 3 is 2.28 bits per heavy atom. The lowest BCUT2D eigenvalue weighted by molar-refractivity contribution is -0.115. The summed E-state index contributed by atoms with van der Waals surface area (Å²) in [4.78, 5) is 23.2. The molecule has 2 rings (SSSR count). The van der Waals surface area contributed by atoms with Crippen molar-refractivity contribution in [3.05, 3.63) is 76.6 Å². The van der Waals surface area contributed by atoms with Gasteiger partial charge in [-0.25, -0.2) is 18.1 Å². The zero-order valence-corrected chi connectivity index (χ0v) is 18.2. The zero-order valence-electron chi connectivity index (χ0n) is 16.5. The van der Waals surface area contributed by atoms with E-state index in [1.165, 1.54) is 0 Å². The van der Waals surface area contributed by atoms with Crippen molar-refractivity contribution < 1.29 is 13.2 Å². The van der Waals surface area contributed by atoms with Gasteiger partial charge in [-0.1, -0.05) is 36.4 Å². The molecule has 0 unspecified atom stereocenters. The van der Waals surface area contributed by atoms with Gasteiger partial charge in [-0.15, -0.1) is 12.6 Å². The fourth-order valence-electron chi connectivity index (χ4n) is 2.55. The fourth-order valence-corrected chi connectivity index (χ4v) is 3.13. The summed E-state index contributed by atoms with van der Waals surface area (Å²) < 4.78 is 24.8. The van der Waals surface area contributed by atoms with E-state index in [4.69, 9.17) is 0 Å². The lowest BCUT2D eigenvalue weighted by atomic mass is 10.2. The monoisotopic (exact) mass is 432 g/mol. The van der Waals surface area contributed by atoms with Crippen LogP contribution in [0.25, 0.3) is 0 Å². The van der Waals surface area contributed by atoms with E-state index in [1.807, 2.05) is 52.1 Å². The van der Waals surface area contributed by atoms with Crippen LogP contribution in [0.15, 0.2) is 70.5 Å². The minimum absolute atomic E-state index is 0.0551. The molecule has 0 spiro atoms. The number of amides is 1. The number of aliphatic imine (C=N–C) groups is 1. The Balaban J connectivity index is 2.36. The lowest BCUT2D eigenvalue weighted by Gasteiger charge is -2.25. The first-order valence-corrected chi connectivity index (χ1v) is 11.1. The first-order valence-electron chi connectivity index (χ1n) is 8.80. The number of thiol groups is 1. The molecule has 29 heavy (non-hydrogen) atoms. The topological polar surface area (TPSA) is 91.7 Å². The molecule has 9 heteroatoms. The number of nitrogens with zero attached hydrogens (tertiary/aromatic N) is 3. The number of sulfonamides is 1. The molecule has 154 valence electrons. The van der Waals surface area contributed by atoms with Gasteiger partial charge in [0.2, 0.25) is 10.0 Å². The molecular weight excluding hydrogens is 408 g/mol. The van der Waals surface area contributed by atoms with E-state index >= 15 is 0 Å². The van der Waals surface area contributed by atoms with Crippen LogP contribution in [0.3, 0.4) is 0 Å². The van der Waals surface area contributed by atoms with Crippen LogP contribution in [-0.2, 0) is 27.9 Å². The molecule has 0 aliphatic heterocycles. The van der Waals surface area contributed by atoms with Crippen molar-refractivity contribution in [1.82, 2.24) is 14.6 Å². The van der Waals surface area contributed by atoms with E-state index in [-0.39, 0.29) is 5.70 Å². The Bertz CT molecular complexity index is 959. The number of pyridine rings is 1. The van der Waals surface area contributed by atoms with Crippen molar-refractivity contribution in [2.24, 2.45) is 4.99 Å². The maximum absolute atomic E-state index is 12.3. The molecule has 0 fully saturated rings. The highest BCUT2D eigenvalue weighted by molar-refractivity contribution is 7.89. The van der Waals surface area contributed by atoms with Gasteiger partial charge in [0.15, 0.2) is 0 Å². The molecule has 0 bridgehead atoms. The number of hydrogen-bond donors (Lipinski definition) is 2. The predicted octanol–water partition coefficient (Wildman–Crippen LogP) is 2.74. The molecule has 1 amide bonds. The molecule has 0 aliphatic carbocycles. The summed E-state index contributed by atoms with van der Waals surface area (Å²) in [6.07, 6.45) is 4.38. The van der Waals surface area contributed by atoms with Gasteiger partial charge in [0.25, 0.3) is 5.91 Å². The van der Waals surface area contributed by atoms with Gasteiger partial charge in [-0.05, 0) is 31.0 Å². The summed E-state index contributed by atoms with van der Waals surface area (Å²) in [6, 6.07) is 13.7. The Kier molecular flexibility index (Phi) is 7.98. The summed E-state index contributed by atoms with van der Waals surface area (Å²) in [6.45, 7) is 4.42.